The monoisotopic (exact) mass is 237 g/mol. The molecule has 1 aromatic rings. The molecule has 0 bridgehead atoms. The van der Waals surface area contributed by atoms with Crippen LogP contribution in [0.5, 0.6) is 0 Å². The molecule has 0 amide bonds. The zero-order valence-corrected chi connectivity index (χ0v) is 11.0. The van der Waals surface area contributed by atoms with Crippen molar-refractivity contribution in [1.29, 1.82) is 0 Å². The van der Waals surface area contributed by atoms with Gasteiger partial charge in [0.25, 0.3) is 0 Å². The van der Waals surface area contributed by atoms with Crippen LogP contribution in [0.15, 0.2) is 12.4 Å². The van der Waals surface area contributed by atoms with Gasteiger partial charge in [-0.1, -0.05) is 6.92 Å². The first-order chi connectivity index (χ1) is 8.22. The molecule has 5 nitrogen and oxygen atoms in total. The minimum Gasteiger partial charge on any atom is -0.354 e. The zero-order chi connectivity index (χ0) is 12.5. The van der Waals surface area contributed by atoms with Crippen LogP contribution in [0.2, 0.25) is 0 Å². The Labute approximate surface area is 104 Å². The summed E-state index contributed by atoms with van der Waals surface area (Å²) in [5.74, 6) is 0.712. The maximum Gasteiger partial charge on any atom is 0.222 e. The molecule has 0 spiro atoms. The Morgan fingerprint density at radius 2 is 1.88 bits per heavy atom. The third-order valence-corrected chi connectivity index (χ3v) is 2.30. The fourth-order valence-electron chi connectivity index (χ4n) is 1.31. The lowest BCUT2D eigenvalue weighted by Gasteiger charge is -2.10. The molecule has 5 heteroatoms. The Hall–Kier alpha value is -1.20. The van der Waals surface area contributed by atoms with E-state index in [-0.39, 0.29) is 0 Å². The molecule has 0 atom stereocenters. The second kappa shape index (κ2) is 7.97. The predicted octanol–water partition coefficient (Wildman–Crippen LogP) is 0.950. The van der Waals surface area contributed by atoms with Crippen molar-refractivity contribution in [2.75, 3.05) is 39.0 Å². The molecule has 17 heavy (non-hydrogen) atoms. The van der Waals surface area contributed by atoms with Crippen molar-refractivity contribution >= 4 is 5.95 Å². The van der Waals surface area contributed by atoms with Crippen molar-refractivity contribution in [3.63, 3.8) is 0 Å². The number of hydrogen-bond acceptors (Lipinski definition) is 5. The van der Waals surface area contributed by atoms with Gasteiger partial charge in [-0.05, 0) is 20.5 Å². The van der Waals surface area contributed by atoms with Gasteiger partial charge in [0.05, 0.1) is 0 Å². The van der Waals surface area contributed by atoms with Crippen LogP contribution in [0, 0.1) is 0 Å². The van der Waals surface area contributed by atoms with Crippen molar-refractivity contribution in [1.82, 2.24) is 20.2 Å². The van der Waals surface area contributed by atoms with Crippen LogP contribution in [0.3, 0.4) is 0 Å². The Bertz CT molecular complexity index is 296. The zero-order valence-electron chi connectivity index (χ0n) is 11.0. The van der Waals surface area contributed by atoms with Crippen LogP contribution in [-0.2, 0) is 6.54 Å². The van der Waals surface area contributed by atoms with E-state index < -0.39 is 0 Å². The minimum atomic E-state index is 0.712. The lowest BCUT2D eigenvalue weighted by atomic mass is 10.3. The van der Waals surface area contributed by atoms with Crippen molar-refractivity contribution in [3.8, 4) is 0 Å². The Balaban J connectivity index is 2.25. The molecule has 96 valence electrons. The number of hydrogen-bond donors (Lipinski definition) is 2. The summed E-state index contributed by atoms with van der Waals surface area (Å²) in [5, 5.41) is 6.51. The molecule has 1 aromatic heterocycles. The molecule has 0 aliphatic heterocycles. The maximum atomic E-state index is 4.26. The first-order valence-corrected chi connectivity index (χ1v) is 6.12. The lowest BCUT2D eigenvalue weighted by Crippen LogP contribution is -2.26. The summed E-state index contributed by atoms with van der Waals surface area (Å²) in [7, 11) is 4.14. The number of nitrogens with one attached hydrogen (secondary N) is 2. The van der Waals surface area contributed by atoms with Crippen molar-refractivity contribution in [2.45, 2.75) is 19.9 Å². The summed E-state index contributed by atoms with van der Waals surface area (Å²) in [6.45, 7) is 5.87. The van der Waals surface area contributed by atoms with Gasteiger partial charge in [0.15, 0.2) is 0 Å². The summed E-state index contributed by atoms with van der Waals surface area (Å²) >= 11 is 0. The summed E-state index contributed by atoms with van der Waals surface area (Å²) < 4.78 is 0. The smallest absolute Gasteiger partial charge is 0.222 e. The van der Waals surface area contributed by atoms with Gasteiger partial charge in [0.2, 0.25) is 5.95 Å². The van der Waals surface area contributed by atoms with Gasteiger partial charge in [-0.25, -0.2) is 9.97 Å². The van der Waals surface area contributed by atoms with Crippen LogP contribution in [0.4, 0.5) is 5.95 Å². The van der Waals surface area contributed by atoms with Gasteiger partial charge in [0.1, 0.15) is 0 Å². The van der Waals surface area contributed by atoms with E-state index in [4.69, 9.17) is 0 Å². The molecule has 0 fully saturated rings. The predicted molar refractivity (Wildman–Crippen MR) is 71.1 cm³/mol. The van der Waals surface area contributed by atoms with E-state index in [0.717, 1.165) is 38.2 Å². The Morgan fingerprint density at radius 1 is 1.18 bits per heavy atom. The summed E-state index contributed by atoms with van der Waals surface area (Å²) in [6.07, 6.45) is 4.82. The third-order valence-electron chi connectivity index (χ3n) is 2.30. The minimum absolute atomic E-state index is 0.712. The van der Waals surface area contributed by atoms with Crippen LogP contribution in [0.25, 0.3) is 0 Å². The third kappa shape index (κ3) is 6.19. The van der Waals surface area contributed by atoms with Gasteiger partial charge in [0, 0.05) is 44.1 Å². The molecule has 0 aromatic carbocycles. The highest BCUT2D eigenvalue weighted by Gasteiger charge is 1.97. The highest BCUT2D eigenvalue weighted by atomic mass is 15.1. The fourth-order valence-corrected chi connectivity index (χ4v) is 1.31. The molecule has 0 saturated heterocycles. The Morgan fingerprint density at radius 3 is 2.47 bits per heavy atom. The first-order valence-electron chi connectivity index (χ1n) is 6.12. The quantitative estimate of drug-likeness (QED) is 0.659. The lowest BCUT2D eigenvalue weighted by molar-refractivity contribution is 0.400. The number of anilines is 1. The molecule has 0 aliphatic carbocycles. The summed E-state index contributed by atoms with van der Waals surface area (Å²) in [6, 6.07) is 0. The molecular weight excluding hydrogens is 214 g/mol. The van der Waals surface area contributed by atoms with Gasteiger partial charge in [-0.3, -0.25) is 0 Å². The van der Waals surface area contributed by atoms with E-state index in [0.29, 0.717) is 5.95 Å². The van der Waals surface area contributed by atoms with Crippen LogP contribution < -0.4 is 10.6 Å². The van der Waals surface area contributed by atoms with Crippen molar-refractivity contribution in [2.24, 2.45) is 0 Å². The molecule has 0 radical (unpaired) electrons. The number of rotatable bonds is 8. The average molecular weight is 237 g/mol. The van der Waals surface area contributed by atoms with Crippen LogP contribution in [-0.4, -0.2) is 48.6 Å². The van der Waals surface area contributed by atoms with E-state index in [2.05, 4.69) is 46.5 Å². The number of aromatic nitrogens is 2. The molecule has 0 unspecified atom stereocenters. The largest absolute Gasteiger partial charge is 0.354 e. The average Bonchev–Trinajstić information content (AvgIpc) is 2.33. The van der Waals surface area contributed by atoms with E-state index in [1.807, 2.05) is 12.4 Å². The number of nitrogens with zero attached hydrogens (tertiary/aromatic N) is 3. The standard InChI is InChI=1S/C12H23N5/c1-4-5-14-12-15-9-11(10-16-12)8-13-6-7-17(2)3/h9-10,13H,4-8H2,1-3H3,(H,14,15,16). The molecule has 0 aliphatic rings. The second-order valence-electron chi connectivity index (χ2n) is 4.32. The maximum absolute atomic E-state index is 4.26. The van der Waals surface area contributed by atoms with Crippen LogP contribution in [0.1, 0.15) is 18.9 Å². The van der Waals surface area contributed by atoms with E-state index in [1.165, 1.54) is 0 Å². The SMILES string of the molecule is CCCNc1ncc(CNCCN(C)C)cn1. The normalized spacial score (nSPS) is 10.8. The number of likely N-dealkylation sites (N-methyl/N-ethyl adjacent to an activating group) is 1. The van der Waals surface area contributed by atoms with E-state index in [9.17, 15) is 0 Å². The van der Waals surface area contributed by atoms with Gasteiger partial charge in [-0.15, -0.1) is 0 Å². The molecule has 1 rings (SSSR count). The van der Waals surface area contributed by atoms with E-state index in [1.54, 1.807) is 0 Å². The molecule has 1 heterocycles. The van der Waals surface area contributed by atoms with Crippen molar-refractivity contribution in [3.05, 3.63) is 18.0 Å². The summed E-state index contributed by atoms with van der Waals surface area (Å²) in [5.41, 5.74) is 1.12. The van der Waals surface area contributed by atoms with Crippen molar-refractivity contribution < 1.29 is 0 Å². The topological polar surface area (TPSA) is 53.1 Å². The highest BCUT2D eigenvalue weighted by molar-refractivity contribution is 5.24. The van der Waals surface area contributed by atoms with Gasteiger partial charge >= 0.3 is 0 Å². The molecule has 2 N–H and O–H groups in total. The van der Waals surface area contributed by atoms with Gasteiger partial charge in [-0.2, -0.15) is 0 Å². The fraction of sp³-hybridized carbons (Fsp3) is 0.667. The van der Waals surface area contributed by atoms with Gasteiger partial charge < -0.3 is 15.5 Å². The van der Waals surface area contributed by atoms with Crippen LogP contribution >= 0.6 is 0 Å². The van der Waals surface area contributed by atoms with E-state index >= 15 is 0 Å². The molecule has 0 saturated carbocycles. The summed E-state index contributed by atoms with van der Waals surface area (Å²) in [4.78, 5) is 10.7. The highest BCUT2D eigenvalue weighted by Crippen LogP contribution is 1.99. The molecular formula is C12H23N5. The Kier molecular flexibility index (Phi) is 6.50. The second-order valence-corrected chi connectivity index (χ2v) is 4.32. The first kappa shape index (κ1) is 13.9.